The highest BCUT2D eigenvalue weighted by atomic mass is 32.2. The van der Waals surface area contributed by atoms with Crippen molar-refractivity contribution < 1.29 is 4.79 Å². The molecule has 6 heteroatoms. The van der Waals surface area contributed by atoms with Crippen LogP contribution >= 0.6 is 11.8 Å². The van der Waals surface area contributed by atoms with Crippen LogP contribution in [0.3, 0.4) is 0 Å². The number of thioether (sulfide) groups is 1. The number of fused-ring (bicyclic) bond motifs is 4. The minimum absolute atomic E-state index is 0.0745. The van der Waals surface area contributed by atoms with Gasteiger partial charge < -0.3 is 5.32 Å². The van der Waals surface area contributed by atoms with Crippen molar-refractivity contribution >= 4 is 23.4 Å². The molecule has 3 aromatic rings. The minimum Gasteiger partial charge on any atom is -0.325 e. The smallest absolute Gasteiger partial charge is 0.258 e. The number of hydrogen-bond donors (Lipinski definition) is 1. The van der Waals surface area contributed by atoms with E-state index >= 15 is 0 Å². The molecule has 0 unspecified atom stereocenters. The average molecular weight is 474 g/mol. The van der Waals surface area contributed by atoms with E-state index in [0.29, 0.717) is 11.7 Å². The fourth-order valence-corrected chi connectivity index (χ4v) is 6.52. The minimum atomic E-state index is -0.116. The zero-order valence-corrected chi connectivity index (χ0v) is 20.7. The molecule has 34 heavy (non-hydrogen) atoms. The predicted octanol–water partition coefficient (Wildman–Crippen LogP) is 5.73. The van der Waals surface area contributed by atoms with Gasteiger partial charge in [-0.3, -0.25) is 14.2 Å². The fourth-order valence-electron chi connectivity index (χ4n) is 5.66. The van der Waals surface area contributed by atoms with Crippen molar-refractivity contribution in [3.63, 3.8) is 0 Å². The van der Waals surface area contributed by atoms with E-state index in [1.165, 1.54) is 23.7 Å². The third kappa shape index (κ3) is 4.20. The monoisotopic (exact) mass is 473 g/mol. The van der Waals surface area contributed by atoms with Crippen molar-refractivity contribution in [2.75, 3.05) is 11.1 Å². The molecule has 2 aromatic carbocycles. The highest BCUT2D eigenvalue weighted by Crippen LogP contribution is 2.48. The summed E-state index contributed by atoms with van der Waals surface area (Å²) in [7, 11) is 0. The number of aryl methyl sites for hydroxylation is 1. The Morgan fingerprint density at radius 3 is 2.68 bits per heavy atom. The number of nitrogens with zero attached hydrogens (tertiary/aromatic N) is 2. The molecule has 0 saturated heterocycles. The number of amides is 1. The molecule has 1 fully saturated rings. The first-order valence-corrected chi connectivity index (χ1v) is 13.2. The lowest BCUT2D eigenvalue weighted by atomic mass is 9.62. The SMILES string of the molecule is CCn1c(SCC(=O)Nc2cccc(C)c2)nc2c(c1=O)C1(CCCCC1)Cc1ccccc1-2. The van der Waals surface area contributed by atoms with Crippen molar-refractivity contribution in [2.24, 2.45) is 0 Å². The van der Waals surface area contributed by atoms with Crippen molar-refractivity contribution in [3.8, 4) is 11.3 Å². The van der Waals surface area contributed by atoms with E-state index in [-0.39, 0.29) is 22.6 Å². The molecule has 1 N–H and O–H groups in total. The topological polar surface area (TPSA) is 64.0 Å². The highest BCUT2D eigenvalue weighted by Gasteiger charge is 2.43. The number of benzene rings is 2. The predicted molar refractivity (Wildman–Crippen MR) is 139 cm³/mol. The zero-order chi connectivity index (χ0) is 23.7. The molecule has 176 valence electrons. The molecule has 5 nitrogen and oxygen atoms in total. The van der Waals surface area contributed by atoms with Gasteiger partial charge in [-0.2, -0.15) is 0 Å². The van der Waals surface area contributed by atoms with Gasteiger partial charge in [-0.15, -0.1) is 0 Å². The van der Waals surface area contributed by atoms with Crippen LogP contribution in [-0.2, 0) is 23.2 Å². The van der Waals surface area contributed by atoms with Gasteiger partial charge in [0, 0.05) is 23.2 Å². The van der Waals surface area contributed by atoms with Gasteiger partial charge in [0.15, 0.2) is 5.16 Å². The molecule has 0 radical (unpaired) electrons. The Balaban J connectivity index is 1.51. The van der Waals surface area contributed by atoms with Gasteiger partial charge in [0.25, 0.3) is 5.56 Å². The molecule has 0 aliphatic heterocycles. The first kappa shape index (κ1) is 22.9. The van der Waals surface area contributed by atoms with Crippen molar-refractivity contribution in [1.82, 2.24) is 9.55 Å². The Labute approximate surface area is 205 Å². The van der Waals surface area contributed by atoms with Crippen LogP contribution < -0.4 is 10.9 Å². The number of hydrogen-bond acceptors (Lipinski definition) is 4. The second-order valence-corrected chi connectivity index (χ2v) is 10.5. The summed E-state index contributed by atoms with van der Waals surface area (Å²) in [6, 6.07) is 16.1. The quantitative estimate of drug-likeness (QED) is 0.380. The summed E-state index contributed by atoms with van der Waals surface area (Å²) in [6.07, 6.45) is 6.55. The van der Waals surface area contributed by atoms with E-state index in [2.05, 4.69) is 23.5 Å². The lowest BCUT2D eigenvalue weighted by Crippen LogP contribution is -2.43. The van der Waals surface area contributed by atoms with E-state index in [4.69, 9.17) is 4.98 Å². The lowest BCUT2D eigenvalue weighted by molar-refractivity contribution is -0.113. The lowest BCUT2D eigenvalue weighted by Gasteiger charge is -2.42. The summed E-state index contributed by atoms with van der Waals surface area (Å²) in [5, 5.41) is 3.57. The van der Waals surface area contributed by atoms with Gasteiger partial charge in [-0.05, 0) is 56.4 Å². The van der Waals surface area contributed by atoms with Gasteiger partial charge in [0.1, 0.15) is 0 Å². The summed E-state index contributed by atoms with van der Waals surface area (Å²) in [4.78, 5) is 31.7. The normalized spacial score (nSPS) is 16.1. The second-order valence-electron chi connectivity index (χ2n) is 9.55. The fraction of sp³-hybridized carbons (Fsp3) is 0.393. The summed E-state index contributed by atoms with van der Waals surface area (Å²) in [5.41, 5.74) is 5.93. The molecule has 5 rings (SSSR count). The van der Waals surface area contributed by atoms with E-state index in [9.17, 15) is 9.59 Å². The van der Waals surface area contributed by atoms with Gasteiger partial charge >= 0.3 is 0 Å². The van der Waals surface area contributed by atoms with Crippen LogP contribution in [0.2, 0.25) is 0 Å². The van der Waals surface area contributed by atoms with Gasteiger partial charge in [-0.1, -0.05) is 67.4 Å². The van der Waals surface area contributed by atoms with Crippen LogP contribution in [0.4, 0.5) is 5.69 Å². The van der Waals surface area contributed by atoms with Gasteiger partial charge in [0.05, 0.1) is 17.0 Å². The van der Waals surface area contributed by atoms with Crippen LogP contribution in [0, 0.1) is 6.92 Å². The molecule has 0 atom stereocenters. The maximum atomic E-state index is 13.9. The molecule has 1 amide bonds. The third-order valence-electron chi connectivity index (χ3n) is 7.23. The Hall–Kier alpha value is -2.86. The molecular weight excluding hydrogens is 442 g/mol. The highest BCUT2D eigenvalue weighted by molar-refractivity contribution is 7.99. The van der Waals surface area contributed by atoms with Crippen LogP contribution in [0.5, 0.6) is 0 Å². The van der Waals surface area contributed by atoms with E-state index < -0.39 is 0 Å². The standard InChI is InChI=1S/C28H31N3O2S/c1-3-31-26(33)24-25(22-13-6-5-11-20(22)17-28(24)14-7-4-8-15-28)30-27(31)34-18-23(32)29-21-12-9-10-19(2)16-21/h5-6,9-13,16H,3-4,7-8,14-15,17-18H2,1-2H3,(H,29,32). The average Bonchev–Trinajstić information content (AvgIpc) is 2.83. The Morgan fingerprint density at radius 1 is 1.12 bits per heavy atom. The van der Waals surface area contributed by atoms with E-state index in [0.717, 1.165) is 60.2 Å². The molecule has 1 aromatic heterocycles. The number of carbonyl (C=O) groups excluding carboxylic acids is 1. The van der Waals surface area contributed by atoms with Crippen LogP contribution in [0.15, 0.2) is 58.5 Å². The van der Waals surface area contributed by atoms with Crippen LogP contribution in [-0.4, -0.2) is 21.2 Å². The first-order valence-electron chi connectivity index (χ1n) is 12.2. The van der Waals surface area contributed by atoms with Crippen molar-refractivity contribution in [1.29, 1.82) is 0 Å². The van der Waals surface area contributed by atoms with Crippen LogP contribution in [0.1, 0.15) is 55.7 Å². The zero-order valence-electron chi connectivity index (χ0n) is 19.9. The molecule has 1 spiro atoms. The largest absolute Gasteiger partial charge is 0.325 e. The maximum absolute atomic E-state index is 13.9. The molecule has 0 bridgehead atoms. The van der Waals surface area contributed by atoms with E-state index in [1.807, 2.05) is 44.2 Å². The Morgan fingerprint density at radius 2 is 1.91 bits per heavy atom. The number of anilines is 1. The van der Waals surface area contributed by atoms with Crippen LogP contribution in [0.25, 0.3) is 11.3 Å². The van der Waals surface area contributed by atoms with Gasteiger partial charge in [-0.25, -0.2) is 4.98 Å². The molecular formula is C28H31N3O2S. The number of carbonyl (C=O) groups is 1. The van der Waals surface area contributed by atoms with E-state index in [1.54, 1.807) is 4.57 Å². The van der Waals surface area contributed by atoms with Gasteiger partial charge in [0.2, 0.25) is 5.91 Å². The molecule has 2 aliphatic rings. The number of aromatic nitrogens is 2. The Kier molecular flexibility index (Phi) is 6.34. The van der Waals surface area contributed by atoms with Crippen molar-refractivity contribution in [2.45, 2.75) is 69.5 Å². The molecule has 2 aliphatic carbocycles. The first-order chi connectivity index (χ1) is 16.5. The third-order valence-corrected chi connectivity index (χ3v) is 8.20. The Bertz CT molecular complexity index is 1290. The summed E-state index contributed by atoms with van der Waals surface area (Å²) in [6.45, 7) is 4.52. The summed E-state index contributed by atoms with van der Waals surface area (Å²) in [5.74, 6) is 0.0979. The number of nitrogens with one attached hydrogen (secondary N) is 1. The maximum Gasteiger partial charge on any atom is 0.258 e. The second kappa shape index (κ2) is 9.41. The molecule has 1 heterocycles. The van der Waals surface area contributed by atoms with Crippen molar-refractivity contribution in [3.05, 3.63) is 75.6 Å². The number of rotatable bonds is 5. The summed E-state index contributed by atoms with van der Waals surface area (Å²) < 4.78 is 1.77. The molecule has 1 saturated carbocycles. The summed E-state index contributed by atoms with van der Waals surface area (Å²) >= 11 is 1.34.